The molecule has 1 aliphatic rings. The lowest BCUT2D eigenvalue weighted by atomic mass is 9.95. The Hall–Kier alpha value is -0.580. The minimum absolute atomic E-state index is 0.0666. The van der Waals surface area contributed by atoms with E-state index in [1.165, 1.54) is 0 Å². The molecule has 1 N–H and O–H groups in total. The van der Waals surface area contributed by atoms with Crippen LogP contribution in [0.1, 0.15) is 26.7 Å². The van der Waals surface area contributed by atoms with Crippen molar-refractivity contribution < 1.29 is 9.59 Å². The van der Waals surface area contributed by atoms with Gasteiger partial charge in [-0.2, -0.15) is 0 Å². The van der Waals surface area contributed by atoms with Crippen molar-refractivity contribution in [1.29, 1.82) is 0 Å². The summed E-state index contributed by atoms with van der Waals surface area (Å²) in [5.74, 6) is 0.600. The number of likely N-dealkylation sites (tertiary alicyclic amines) is 1. The largest absolute Gasteiger partial charge is 0.359 e. The monoisotopic (exact) mass is 304 g/mol. The second kappa shape index (κ2) is 6.38. The van der Waals surface area contributed by atoms with E-state index in [1.807, 2.05) is 18.7 Å². The van der Waals surface area contributed by atoms with Gasteiger partial charge in [-0.05, 0) is 18.8 Å². The quantitative estimate of drug-likeness (QED) is 0.801. The molecule has 17 heavy (non-hydrogen) atoms. The van der Waals surface area contributed by atoms with Crippen LogP contribution in [0.4, 0.5) is 0 Å². The number of hydrogen-bond donors (Lipinski definition) is 1. The van der Waals surface area contributed by atoms with Crippen LogP contribution in [0.3, 0.4) is 0 Å². The van der Waals surface area contributed by atoms with Crippen molar-refractivity contribution >= 4 is 27.7 Å². The van der Waals surface area contributed by atoms with Crippen LogP contribution >= 0.6 is 15.9 Å². The molecule has 0 aromatic heterocycles. The van der Waals surface area contributed by atoms with Crippen LogP contribution in [0.5, 0.6) is 0 Å². The summed E-state index contributed by atoms with van der Waals surface area (Å²) in [6, 6.07) is 0. The predicted octanol–water partition coefficient (Wildman–Crippen LogP) is 1.39. The molecule has 0 aromatic rings. The van der Waals surface area contributed by atoms with E-state index in [-0.39, 0.29) is 22.6 Å². The zero-order valence-electron chi connectivity index (χ0n) is 10.7. The Bertz CT molecular complexity index is 286. The molecule has 1 atom stereocenters. The summed E-state index contributed by atoms with van der Waals surface area (Å²) in [5, 5.41) is 2.67. The molecule has 1 aliphatic heterocycles. The van der Waals surface area contributed by atoms with Crippen LogP contribution in [-0.4, -0.2) is 41.7 Å². The van der Waals surface area contributed by atoms with Crippen LogP contribution in [0.15, 0.2) is 0 Å². The standard InChI is InChI=1S/C12H21BrN2O2/c1-8(2)10(13)12(17)15-6-4-9(5-7-15)11(16)14-3/h8-10H,4-7H2,1-3H3,(H,14,16). The molecular weight excluding hydrogens is 284 g/mol. The SMILES string of the molecule is CNC(=O)C1CCN(C(=O)C(Br)C(C)C)CC1. The first-order valence-corrected chi connectivity index (χ1v) is 7.03. The van der Waals surface area contributed by atoms with Gasteiger partial charge in [0.25, 0.3) is 0 Å². The second-order valence-electron chi connectivity index (χ2n) is 4.86. The summed E-state index contributed by atoms with van der Waals surface area (Å²) in [7, 11) is 1.66. The van der Waals surface area contributed by atoms with Gasteiger partial charge in [-0.3, -0.25) is 9.59 Å². The summed E-state index contributed by atoms with van der Waals surface area (Å²) in [4.78, 5) is 25.3. The Labute approximate surface area is 111 Å². The Balaban J connectivity index is 2.47. The molecule has 1 rings (SSSR count). The highest BCUT2D eigenvalue weighted by Crippen LogP contribution is 2.21. The number of carbonyl (C=O) groups is 2. The molecule has 98 valence electrons. The van der Waals surface area contributed by atoms with Crippen molar-refractivity contribution in [2.24, 2.45) is 11.8 Å². The van der Waals surface area contributed by atoms with Gasteiger partial charge < -0.3 is 10.2 Å². The van der Waals surface area contributed by atoms with Crippen LogP contribution in [-0.2, 0) is 9.59 Å². The van der Waals surface area contributed by atoms with E-state index in [4.69, 9.17) is 0 Å². The third-order valence-electron chi connectivity index (χ3n) is 3.25. The first-order valence-electron chi connectivity index (χ1n) is 6.11. The number of halogens is 1. The second-order valence-corrected chi connectivity index (χ2v) is 5.85. The number of carbonyl (C=O) groups excluding carboxylic acids is 2. The summed E-state index contributed by atoms with van der Waals surface area (Å²) in [5.41, 5.74) is 0. The zero-order valence-corrected chi connectivity index (χ0v) is 12.3. The van der Waals surface area contributed by atoms with Crippen molar-refractivity contribution in [1.82, 2.24) is 10.2 Å². The van der Waals surface area contributed by atoms with Gasteiger partial charge in [0.05, 0.1) is 4.83 Å². The number of nitrogens with one attached hydrogen (secondary N) is 1. The molecule has 1 heterocycles. The molecule has 0 aliphatic carbocycles. The van der Waals surface area contributed by atoms with Gasteiger partial charge in [0, 0.05) is 26.1 Å². The average Bonchev–Trinajstić information content (AvgIpc) is 2.36. The number of amides is 2. The molecule has 5 heteroatoms. The van der Waals surface area contributed by atoms with Crippen molar-refractivity contribution in [3.8, 4) is 0 Å². The smallest absolute Gasteiger partial charge is 0.236 e. The molecule has 1 unspecified atom stereocenters. The maximum absolute atomic E-state index is 12.1. The number of rotatable bonds is 3. The van der Waals surface area contributed by atoms with Crippen LogP contribution in [0.2, 0.25) is 0 Å². The molecule has 1 saturated heterocycles. The van der Waals surface area contributed by atoms with Crippen LogP contribution in [0.25, 0.3) is 0 Å². The molecule has 2 amide bonds. The highest BCUT2D eigenvalue weighted by atomic mass is 79.9. The van der Waals surface area contributed by atoms with Gasteiger partial charge in [0.1, 0.15) is 0 Å². The fourth-order valence-corrected chi connectivity index (χ4v) is 2.32. The van der Waals surface area contributed by atoms with E-state index in [1.54, 1.807) is 7.05 Å². The van der Waals surface area contributed by atoms with Crippen LogP contribution in [0, 0.1) is 11.8 Å². The van der Waals surface area contributed by atoms with E-state index < -0.39 is 0 Å². The third-order valence-corrected chi connectivity index (χ3v) is 4.69. The molecule has 1 fully saturated rings. The number of piperidine rings is 1. The Morgan fingerprint density at radius 1 is 1.29 bits per heavy atom. The zero-order chi connectivity index (χ0) is 13.0. The third kappa shape index (κ3) is 3.69. The molecule has 4 nitrogen and oxygen atoms in total. The number of hydrogen-bond acceptors (Lipinski definition) is 2. The molecular formula is C12H21BrN2O2. The summed E-state index contributed by atoms with van der Waals surface area (Å²) in [6.07, 6.45) is 1.53. The fraction of sp³-hybridized carbons (Fsp3) is 0.833. The summed E-state index contributed by atoms with van der Waals surface area (Å²) in [6.45, 7) is 5.42. The average molecular weight is 305 g/mol. The molecule has 0 spiro atoms. The lowest BCUT2D eigenvalue weighted by molar-refractivity contribution is -0.135. The number of nitrogens with zero attached hydrogens (tertiary/aromatic N) is 1. The molecule has 0 bridgehead atoms. The van der Waals surface area contributed by atoms with Gasteiger partial charge in [-0.25, -0.2) is 0 Å². The van der Waals surface area contributed by atoms with Crippen molar-refractivity contribution in [3.05, 3.63) is 0 Å². The summed E-state index contributed by atoms with van der Waals surface area (Å²) >= 11 is 3.43. The Morgan fingerprint density at radius 3 is 2.24 bits per heavy atom. The van der Waals surface area contributed by atoms with Gasteiger partial charge in [-0.1, -0.05) is 29.8 Å². The minimum atomic E-state index is -0.112. The van der Waals surface area contributed by atoms with E-state index >= 15 is 0 Å². The van der Waals surface area contributed by atoms with Crippen molar-refractivity contribution in [2.45, 2.75) is 31.5 Å². The van der Waals surface area contributed by atoms with Gasteiger partial charge in [0.2, 0.25) is 11.8 Å². The van der Waals surface area contributed by atoms with E-state index in [9.17, 15) is 9.59 Å². The molecule has 0 saturated carbocycles. The van der Waals surface area contributed by atoms with E-state index in [0.29, 0.717) is 19.0 Å². The van der Waals surface area contributed by atoms with E-state index in [2.05, 4.69) is 21.2 Å². The van der Waals surface area contributed by atoms with Gasteiger partial charge in [-0.15, -0.1) is 0 Å². The fourth-order valence-electron chi connectivity index (χ4n) is 2.03. The predicted molar refractivity (Wildman–Crippen MR) is 70.9 cm³/mol. The maximum atomic E-state index is 12.1. The highest BCUT2D eigenvalue weighted by Gasteiger charge is 2.30. The first-order chi connectivity index (χ1) is 7.97. The lowest BCUT2D eigenvalue weighted by Crippen LogP contribution is -2.45. The summed E-state index contributed by atoms with van der Waals surface area (Å²) < 4.78 is 0. The van der Waals surface area contributed by atoms with Crippen LogP contribution < -0.4 is 5.32 Å². The normalized spacial score (nSPS) is 19.2. The minimum Gasteiger partial charge on any atom is -0.359 e. The van der Waals surface area contributed by atoms with Crippen molar-refractivity contribution in [3.63, 3.8) is 0 Å². The topological polar surface area (TPSA) is 49.4 Å². The molecule has 0 radical (unpaired) electrons. The maximum Gasteiger partial charge on any atom is 0.236 e. The molecule has 0 aromatic carbocycles. The van der Waals surface area contributed by atoms with Crippen molar-refractivity contribution in [2.75, 3.05) is 20.1 Å². The lowest BCUT2D eigenvalue weighted by Gasteiger charge is -2.33. The Morgan fingerprint density at radius 2 is 1.82 bits per heavy atom. The first kappa shape index (κ1) is 14.5. The van der Waals surface area contributed by atoms with E-state index in [0.717, 1.165) is 12.8 Å². The van der Waals surface area contributed by atoms with Gasteiger partial charge in [0.15, 0.2) is 0 Å². The highest BCUT2D eigenvalue weighted by molar-refractivity contribution is 9.10. The Kier molecular flexibility index (Phi) is 5.43. The van der Waals surface area contributed by atoms with Gasteiger partial charge >= 0.3 is 0 Å². The number of alkyl halides is 1.